The highest BCUT2D eigenvalue weighted by atomic mass is 32.2. The molecule has 0 unspecified atom stereocenters. The number of nitrogens with zero attached hydrogens (tertiary/aromatic N) is 2. The Kier molecular flexibility index (Phi) is 3.73. The van der Waals surface area contributed by atoms with Crippen LogP contribution >= 0.6 is 11.8 Å². The van der Waals surface area contributed by atoms with Crippen molar-refractivity contribution in [1.82, 2.24) is 4.98 Å². The number of nitriles is 1. The second kappa shape index (κ2) is 5.46. The van der Waals surface area contributed by atoms with Gasteiger partial charge in [0, 0.05) is 11.9 Å². The van der Waals surface area contributed by atoms with E-state index >= 15 is 0 Å². The monoisotopic (exact) mass is 244 g/mol. The number of pyridine rings is 1. The lowest BCUT2D eigenvalue weighted by Gasteiger charge is -2.02. The normalized spacial score (nSPS) is 9.88. The molecule has 0 atom stereocenters. The van der Waals surface area contributed by atoms with Crippen molar-refractivity contribution < 1.29 is 4.39 Å². The SMILES string of the molecule is N#Cc1ccnc(SCc2ccccc2F)c1. The Morgan fingerprint density at radius 3 is 2.88 bits per heavy atom. The second-order valence-electron chi connectivity index (χ2n) is 3.37. The maximum atomic E-state index is 13.4. The summed E-state index contributed by atoms with van der Waals surface area (Å²) < 4.78 is 13.4. The molecule has 0 radical (unpaired) electrons. The summed E-state index contributed by atoms with van der Waals surface area (Å²) in [5.74, 6) is 0.297. The van der Waals surface area contributed by atoms with E-state index < -0.39 is 0 Å². The van der Waals surface area contributed by atoms with Crippen molar-refractivity contribution in [2.45, 2.75) is 10.8 Å². The van der Waals surface area contributed by atoms with Crippen molar-refractivity contribution in [3.63, 3.8) is 0 Å². The van der Waals surface area contributed by atoms with Gasteiger partial charge in [0.25, 0.3) is 0 Å². The third kappa shape index (κ3) is 3.05. The number of aromatic nitrogens is 1. The van der Waals surface area contributed by atoms with Gasteiger partial charge in [0.1, 0.15) is 5.82 Å². The van der Waals surface area contributed by atoms with Gasteiger partial charge in [0.15, 0.2) is 0 Å². The highest BCUT2D eigenvalue weighted by Crippen LogP contribution is 2.22. The molecule has 0 aliphatic carbocycles. The Balaban J connectivity index is 2.08. The molecule has 4 heteroatoms. The van der Waals surface area contributed by atoms with Crippen molar-refractivity contribution in [3.05, 3.63) is 59.5 Å². The van der Waals surface area contributed by atoms with E-state index in [1.165, 1.54) is 17.8 Å². The number of thioether (sulfide) groups is 1. The van der Waals surface area contributed by atoms with E-state index in [-0.39, 0.29) is 5.82 Å². The number of rotatable bonds is 3. The summed E-state index contributed by atoms with van der Waals surface area (Å²) in [7, 11) is 0. The molecule has 1 aromatic carbocycles. The Labute approximate surface area is 103 Å². The Bertz CT molecular complexity index is 563. The van der Waals surface area contributed by atoms with Gasteiger partial charge in [-0.3, -0.25) is 0 Å². The van der Waals surface area contributed by atoms with Crippen molar-refractivity contribution in [2.75, 3.05) is 0 Å². The van der Waals surface area contributed by atoms with Crippen LogP contribution in [0.3, 0.4) is 0 Å². The molecule has 0 amide bonds. The third-order valence-electron chi connectivity index (χ3n) is 2.20. The molecule has 0 saturated heterocycles. The Morgan fingerprint density at radius 1 is 1.29 bits per heavy atom. The highest BCUT2D eigenvalue weighted by molar-refractivity contribution is 7.98. The van der Waals surface area contributed by atoms with Gasteiger partial charge in [-0.05, 0) is 23.8 Å². The molecule has 84 valence electrons. The van der Waals surface area contributed by atoms with Crippen LogP contribution in [0.1, 0.15) is 11.1 Å². The van der Waals surface area contributed by atoms with Crippen LogP contribution in [0.15, 0.2) is 47.6 Å². The third-order valence-corrected chi connectivity index (χ3v) is 3.17. The van der Waals surface area contributed by atoms with E-state index in [9.17, 15) is 4.39 Å². The number of hydrogen-bond donors (Lipinski definition) is 0. The minimum absolute atomic E-state index is 0.212. The molecule has 17 heavy (non-hydrogen) atoms. The lowest BCUT2D eigenvalue weighted by molar-refractivity contribution is 0.617. The van der Waals surface area contributed by atoms with Gasteiger partial charge >= 0.3 is 0 Å². The fraction of sp³-hybridized carbons (Fsp3) is 0.0769. The first-order valence-corrected chi connectivity index (χ1v) is 6.00. The van der Waals surface area contributed by atoms with Gasteiger partial charge in [-0.15, -0.1) is 11.8 Å². The fourth-order valence-corrected chi connectivity index (χ4v) is 2.21. The average molecular weight is 244 g/mol. The number of benzene rings is 1. The van der Waals surface area contributed by atoms with E-state index in [2.05, 4.69) is 4.98 Å². The quantitative estimate of drug-likeness (QED) is 0.776. The summed E-state index contributed by atoms with van der Waals surface area (Å²) in [5, 5.41) is 9.47. The van der Waals surface area contributed by atoms with Gasteiger partial charge < -0.3 is 0 Å². The molecule has 0 spiro atoms. The molecular weight excluding hydrogens is 235 g/mol. The zero-order valence-electron chi connectivity index (χ0n) is 8.93. The van der Waals surface area contributed by atoms with Crippen molar-refractivity contribution in [3.8, 4) is 6.07 Å². The summed E-state index contributed by atoms with van der Waals surface area (Å²) >= 11 is 1.41. The topological polar surface area (TPSA) is 36.7 Å². The second-order valence-corrected chi connectivity index (χ2v) is 4.37. The Hall–Kier alpha value is -1.86. The molecular formula is C13H9FN2S. The summed E-state index contributed by atoms with van der Waals surface area (Å²) in [4.78, 5) is 4.12. The summed E-state index contributed by atoms with van der Waals surface area (Å²) in [6.07, 6.45) is 1.59. The van der Waals surface area contributed by atoms with Crippen LogP contribution in [-0.2, 0) is 5.75 Å². The molecule has 0 aliphatic heterocycles. The van der Waals surface area contributed by atoms with Crippen LogP contribution in [0, 0.1) is 17.1 Å². The van der Waals surface area contributed by atoms with Crippen molar-refractivity contribution in [1.29, 1.82) is 5.26 Å². The highest BCUT2D eigenvalue weighted by Gasteiger charge is 2.03. The van der Waals surface area contributed by atoms with Gasteiger partial charge in [-0.25, -0.2) is 9.37 Å². The molecule has 2 aromatic rings. The van der Waals surface area contributed by atoms with Gasteiger partial charge in [-0.2, -0.15) is 5.26 Å². The lowest BCUT2D eigenvalue weighted by atomic mass is 10.2. The first-order chi connectivity index (χ1) is 8.29. The molecule has 2 nitrogen and oxygen atoms in total. The smallest absolute Gasteiger partial charge is 0.127 e. The summed E-state index contributed by atoms with van der Waals surface area (Å²) in [6.45, 7) is 0. The van der Waals surface area contributed by atoms with Crippen LogP contribution in [0.5, 0.6) is 0 Å². The summed E-state index contributed by atoms with van der Waals surface area (Å²) in [6, 6.07) is 12.0. The van der Waals surface area contributed by atoms with Gasteiger partial charge in [0.05, 0.1) is 16.7 Å². The van der Waals surface area contributed by atoms with Crippen LogP contribution < -0.4 is 0 Å². The standard InChI is InChI=1S/C13H9FN2S/c14-12-4-2-1-3-11(12)9-17-13-7-10(8-15)5-6-16-13/h1-7H,9H2. The zero-order valence-corrected chi connectivity index (χ0v) is 9.75. The largest absolute Gasteiger partial charge is 0.250 e. The zero-order chi connectivity index (χ0) is 12.1. The summed E-state index contributed by atoms with van der Waals surface area (Å²) in [5.41, 5.74) is 1.21. The first-order valence-electron chi connectivity index (χ1n) is 5.02. The molecule has 0 N–H and O–H groups in total. The maximum Gasteiger partial charge on any atom is 0.127 e. The van der Waals surface area contributed by atoms with Crippen molar-refractivity contribution >= 4 is 11.8 Å². The van der Waals surface area contributed by atoms with Crippen LogP contribution in [0.2, 0.25) is 0 Å². The molecule has 0 fully saturated rings. The molecule has 0 aliphatic rings. The average Bonchev–Trinajstić information content (AvgIpc) is 2.38. The van der Waals surface area contributed by atoms with E-state index in [1.807, 2.05) is 6.07 Å². The van der Waals surface area contributed by atoms with Gasteiger partial charge in [-0.1, -0.05) is 18.2 Å². The molecule has 0 saturated carbocycles. The van der Waals surface area contributed by atoms with E-state index in [0.717, 1.165) is 5.03 Å². The molecule has 1 heterocycles. The number of halogens is 1. The van der Waals surface area contributed by atoms with Gasteiger partial charge in [0.2, 0.25) is 0 Å². The van der Waals surface area contributed by atoms with Crippen LogP contribution in [0.25, 0.3) is 0 Å². The van der Waals surface area contributed by atoms with Crippen LogP contribution in [-0.4, -0.2) is 4.98 Å². The Morgan fingerprint density at radius 2 is 2.12 bits per heavy atom. The minimum Gasteiger partial charge on any atom is -0.250 e. The minimum atomic E-state index is -0.212. The van der Waals surface area contributed by atoms with Crippen molar-refractivity contribution in [2.24, 2.45) is 0 Å². The number of hydrogen-bond acceptors (Lipinski definition) is 3. The van der Waals surface area contributed by atoms with E-state index in [0.29, 0.717) is 16.9 Å². The lowest BCUT2D eigenvalue weighted by Crippen LogP contribution is -1.88. The predicted octanol–water partition coefficient (Wildman–Crippen LogP) is 3.38. The molecule has 1 aromatic heterocycles. The maximum absolute atomic E-state index is 13.4. The first kappa shape index (κ1) is 11.6. The van der Waals surface area contributed by atoms with E-state index in [4.69, 9.17) is 5.26 Å². The fourth-order valence-electron chi connectivity index (χ4n) is 1.33. The van der Waals surface area contributed by atoms with Crippen LogP contribution in [0.4, 0.5) is 4.39 Å². The van der Waals surface area contributed by atoms with E-state index in [1.54, 1.807) is 36.5 Å². The predicted molar refractivity (Wildman–Crippen MR) is 64.9 cm³/mol. The molecule has 0 bridgehead atoms. The molecule has 2 rings (SSSR count).